The molecule has 0 aliphatic heterocycles. The average Bonchev–Trinajstić information content (AvgIpc) is 2.83. The second-order valence-corrected chi connectivity index (χ2v) is 7.96. The van der Waals surface area contributed by atoms with Crippen LogP contribution in [-0.2, 0) is 0 Å². The number of hydrogen-bond acceptors (Lipinski definition) is 7. The molecule has 10 heteroatoms. The zero-order valence-electron chi connectivity index (χ0n) is 18.1. The average molecular weight is 469 g/mol. The van der Waals surface area contributed by atoms with Crippen molar-refractivity contribution in [3.05, 3.63) is 109 Å². The predicted octanol–water partition coefficient (Wildman–Crippen LogP) is 6.97. The monoisotopic (exact) mass is 469 g/mol. The van der Waals surface area contributed by atoms with E-state index in [1.54, 1.807) is 19.1 Å². The van der Waals surface area contributed by atoms with E-state index in [0.717, 1.165) is 32.3 Å². The summed E-state index contributed by atoms with van der Waals surface area (Å²) in [7, 11) is 0. The second-order valence-electron chi connectivity index (χ2n) is 7.96. The Balaban J connectivity index is 1.75. The number of non-ortho nitro benzene ring substituents is 1. The summed E-state index contributed by atoms with van der Waals surface area (Å²) in [5.41, 5.74) is -1.89. The van der Waals surface area contributed by atoms with Crippen LogP contribution >= 0.6 is 0 Å². The highest BCUT2D eigenvalue weighted by Gasteiger charge is 2.33. The van der Waals surface area contributed by atoms with Gasteiger partial charge in [-0.15, -0.1) is 0 Å². The Kier molecular flexibility index (Phi) is 4.98. The van der Waals surface area contributed by atoms with E-state index in [1.165, 1.54) is 0 Å². The Morgan fingerprint density at radius 1 is 0.657 bits per heavy atom. The van der Waals surface area contributed by atoms with Crippen LogP contribution in [0, 0.1) is 37.3 Å². The normalized spacial score (nSPS) is 11.1. The smallest absolute Gasteiger partial charge is 0.325 e. The fourth-order valence-electron chi connectivity index (χ4n) is 4.29. The number of nitrogens with zero attached hydrogens (tertiary/aromatic N) is 3. The molecule has 5 aromatic rings. The molecule has 0 heterocycles. The quantitative estimate of drug-likeness (QED) is 0.117. The van der Waals surface area contributed by atoms with Gasteiger partial charge in [0.05, 0.1) is 26.9 Å². The maximum atomic E-state index is 11.6. The summed E-state index contributed by atoms with van der Waals surface area (Å²) in [5, 5.41) is 40.2. The van der Waals surface area contributed by atoms with E-state index in [0.29, 0.717) is 17.7 Å². The van der Waals surface area contributed by atoms with Crippen LogP contribution in [0.3, 0.4) is 0 Å². The van der Waals surface area contributed by atoms with E-state index in [-0.39, 0.29) is 5.75 Å². The van der Waals surface area contributed by atoms with Crippen LogP contribution in [0.4, 0.5) is 17.1 Å². The van der Waals surface area contributed by atoms with Gasteiger partial charge in [-0.3, -0.25) is 30.3 Å². The molecule has 0 saturated heterocycles. The Hall–Kier alpha value is -5.12. The largest absolute Gasteiger partial charge is 0.444 e. The first kappa shape index (κ1) is 21.7. The number of aryl methyl sites for hydroxylation is 1. The zero-order chi connectivity index (χ0) is 24.9. The number of rotatable bonds is 5. The third-order valence-corrected chi connectivity index (χ3v) is 5.93. The van der Waals surface area contributed by atoms with Crippen molar-refractivity contribution in [1.29, 1.82) is 0 Å². The van der Waals surface area contributed by atoms with Crippen molar-refractivity contribution in [3.63, 3.8) is 0 Å². The van der Waals surface area contributed by atoms with Crippen molar-refractivity contribution in [2.45, 2.75) is 6.92 Å². The maximum Gasteiger partial charge on any atom is 0.325 e. The Morgan fingerprint density at radius 2 is 1.23 bits per heavy atom. The molecule has 0 atom stereocenters. The lowest BCUT2D eigenvalue weighted by molar-refractivity contribution is -0.404. The van der Waals surface area contributed by atoms with Crippen LogP contribution in [0.25, 0.3) is 32.3 Å². The third kappa shape index (κ3) is 3.62. The van der Waals surface area contributed by atoms with Gasteiger partial charge in [0.15, 0.2) is 0 Å². The first-order valence-corrected chi connectivity index (χ1v) is 10.4. The fraction of sp³-hybridized carbons (Fsp3) is 0.0400. The van der Waals surface area contributed by atoms with Crippen LogP contribution in [0.2, 0.25) is 0 Å². The zero-order valence-corrected chi connectivity index (χ0v) is 18.1. The molecule has 0 aromatic heterocycles. The van der Waals surface area contributed by atoms with E-state index in [2.05, 4.69) is 6.07 Å². The highest BCUT2D eigenvalue weighted by atomic mass is 16.6. The number of ether oxygens (including phenoxy) is 1. The van der Waals surface area contributed by atoms with Crippen LogP contribution in [0.1, 0.15) is 5.56 Å². The molecular weight excluding hydrogens is 454 g/mol. The molecule has 0 aliphatic rings. The summed E-state index contributed by atoms with van der Waals surface area (Å²) >= 11 is 0. The molecule has 0 saturated carbocycles. The van der Waals surface area contributed by atoms with Crippen molar-refractivity contribution in [1.82, 2.24) is 0 Å². The molecule has 172 valence electrons. The molecule has 0 unspecified atom stereocenters. The molecule has 10 nitrogen and oxygen atoms in total. The molecule has 0 spiro atoms. The van der Waals surface area contributed by atoms with Gasteiger partial charge in [0, 0.05) is 5.56 Å². The number of benzene rings is 5. The lowest BCUT2D eigenvalue weighted by atomic mass is 9.95. The molecule has 0 fully saturated rings. The highest BCUT2D eigenvalue weighted by Crippen LogP contribution is 2.45. The molecule has 0 bridgehead atoms. The predicted molar refractivity (Wildman–Crippen MR) is 130 cm³/mol. The van der Waals surface area contributed by atoms with E-state index >= 15 is 0 Å². The maximum absolute atomic E-state index is 11.6. The lowest BCUT2D eigenvalue weighted by Gasteiger charge is -2.14. The van der Waals surface area contributed by atoms with Crippen molar-refractivity contribution >= 4 is 49.4 Å². The van der Waals surface area contributed by atoms with Crippen molar-refractivity contribution in [2.75, 3.05) is 0 Å². The van der Waals surface area contributed by atoms with Gasteiger partial charge in [0.2, 0.25) is 0 Å². The number of nitro groups is 3. The third-order valence-electron chi connectivity index (χ3n) is 5.93. The van der Waals surface area contributed by atoms with E-state index < -0.39 is 37.6 Å². The van der Waals surface area contributed by atoms with Crippen molar-refractivity contribution in [3.8, 4) is 11.5 Å². The summed E-state index contributed by atoms with van der Waals surface area (Å²) < 4.78 is 5.77. The summed E-state index contributed by atoms with van der Waals surface area (Å²) in [4.78, 5) is 31.6. The molecule has 0 amide bonds. The van der Waals surface area contributed by atoms with Gasteiger partial charge in [-0.05, 0) is 57.4 Å². The minimum Gasteiger partial charge on any atom is -0.444 e. The van der Waals surface area contributed by atoms with E-state index in [9.17, 15) is 30.3 Å². The fourth-order valence-corrected chi connectivity index (χ4v) is 4.29. The standard InChI is InChI=1S/C25H15N3O7/c1-14-23(35-25-21(27(31)32)12-19(26(29)30)13-22(25)28(33)34)9-8-15-6-7-18-10-16-4-2-3-5-17(16)11-20(18)24(14)15/h2-13H,1H3. The minimum absolute atomic E-state index is 0.165. The van der Waals surface area contributed by atoms with Gasteiger partial charge in [-0.25, -0.2) is 0 Å². The van der Waals surface area contributed by atoms with Gasteiger partial charge in [0.1, 0.15) is 5.75 Å². The Morgan fingerprint density at radius 3 is 1.83 bits per heavy atom. The van der Waals surface area contributed by atoms with Gasteiger partial charge >= 0.3 is 11.4 Å². The van der Waals surface area contributed by atoms with Gasteiger partial charge in [-0.1, -0.05) is 42.5 Å². The van der Waals surface area contributed by atoms with Gasteiger partial charge in [0.25, 0.3) is 11.4 Å². The Labute approximate surface area is 196 Å². The summed E-state index contributed by atoms with van der Waals surface area (Å²) in [6.45, 7) is 1.76. The molecular formula is C25H15N3O7. The summed E-state index contributed by atoms with van der Waals surface area (Å²) in [6.07, 6.45) is 0. The lowest BCUT2D eigenvalue weighted by Crippen LogP contribution is -2.01. The van der Waals surface area contributed by atoms with Gasteiger partial charge in [-0.2, -0.15) is 0 Å². The molecule has 5 aromatic carbocycles. The Bertz CT molecular complexity index is 1690. The molecule has 0 N–H and O–H groups in total. The second kappa shape index (κ2) is 8.03. The van der Waals surface area contributed by atoms with E-state index in [1.807, 2.05) is 42.5 Å². The van der Waals surface area contributed by atoms with Crippen LogP contribution in [0.5, 0.6) is 11.5 Å². The van der Waals surface area contributed by atoms with E-state index in [4.69, 9.17) is 4.74 Å². The van der Waals surface area contributed by atoms with Crippen LogP contribution < -0.4 is 4.74 Å². The minimum atomic E-state index is -0.937. The van der Waals surface area contributed by atoms with Crippen molar-refractivity contribution < 1.29 is 19.5 Å². The summed E-state index contributed by atoms with van der Waals surface area (Å²) in [5.74, 6) is -0.503. The number of fused-ring (bicyclic) bond motifs is 4. The van der Waals surface area contributed by atoms with Gasteiger partial charge < -0.3 is 4.74 Å². The van der Waals surface area contributed by atoms with Crippen LogP contribution in [0.15, 0.2) is 72.8 Å². The van der Waals surface area contributed by atoms with Crippen LogP contribution in [-0.4, -0.2) is 14.8 Å². The topological polar surface area (TPSA) is 139 Å². The first-order chi connectivity index (χ1) is 16.7. The SMILES string of the molecule is Cc1c(Oc2c([N+](=O)[O-])cc([N+](=O)[O-])cc2[N+](=O)[O-])ccc2ccc3cc4ccccc4cc3c12. The first-order valence-electron chi connectivity index (χ1n) is 10.4. The molecule has 0 radical (unpaired) electrons. The molecule has 35 heavy (non-hydrogen) atoms. The number of nitro benzene ring substituents is 3. The van der Waals surface area contributed by atoms with Crippen molar-refractivity contribution in [2.24, 2.45) is 0 Å². The highest BCUT2D eigenvalue weighted by molar-refractivity contribution is 6.13. The molecule has 0 aliphatic carbocycles. The molecule has 5 rings (SSSR count). The number of hydrogen-bond donors (Lipinski definition) is 0. The summed E-state index contributed by atoms with van der Waals surface area (Å²) in [6, 6.07) is 20.6.